The average Bonchev–Trinajstić information content (AvgIpc) is 2.46. The van der Waals surface area contributed by atoms with E-state index in [0.29, 0.717) is 15.7 Å². The molecule has 0 aliphatic carbocycles. The summed E-state index contributed by atoms with van der Waals surface area (Å²) in [6, 6.07) is 8.12. The first-order valence-electron chi connectivity index (χ1n) is 6.62. The van der Waals surface area contributed by atoms with Crippen LogP contribution in [0.3, 0.4) is 0 Å². The maximum Gasteiger partial charge on any atom is 0.314 e. The molecule has 0 saturated carbocycles. The van der Waals surface area contributed by atoms with E-state index in [2.05, 4.69) is 10.6 Å². The number of nitrogens with one attached hydrogen (secondary N) is 2. The second kappa shape index (κ2) is 7.21. The van der Waals surface area contributed by atoms with Crippen molar-refractivity contribution in [1.82, 2.24) is 0 Å². The fourth-order valence-corrected chi connectivity index (χ4v) is 2.72. The number of halogens is 3. The largest absolute Gasteiger partial charge is 0.316 e. The zero-order valence-corrected chi connectivity index (χ0v) is 14.6. The molecule has 7 heteroatoms. The minimum absolute atomic E-state index is 0.256. The van der Waals surface area contributed by atoms with Crippen LogP contribution in [0.2, 0.25) is 15.1 Å². The lowest BCUT2D eigenvalue weighted by atomic mass is 10.1. The highest BCUT2D eigenvalue weighted by Gasteiger charge is 2.18. The van der Waals surface area contributed by atoms with Gasteiger partial charge in [-0.2, -0.15) is 0 Å². The molecule has 2 N–H and O–H groups in total. The molecule has 120 valence electrons. The van der Waals surface area contributed by atoms with Gasteiger partial charge in [-0.3, -0.25) is 9.59 Å². The van der Waals surface area contributed by atoms with Crippen LogP contribution in [0, 0.1) is 13.8 Å². The van der Waals surface area contributed by atoms with Crippen LogP contribution in [0.1, 0.15) is 11.1 Å². The molecule has 23 heavy (non-hydrogen) atoms. The summed E-state index contributed by atoms with van der Waals surface area (Å²) >= 11 is 17.9. The third kappa shape index (κ3) is 4.38. The number of hydrogen-bond donors (Lipinski definition) is 2. The third-order valence-corrected chi connectivity index (χ3v) is 3.92. The van der Waals surface area contributed by atoms with Crippen molar-refractivity contribution in [3.63, 3.8) is 0 Å². The van der Waals surface area contributed by atoms with Crippen molar-refractivity contribution in [1.29, 1.82) is 0 Å². The van der Waals surface area contributed by atoms with Gasteiger partial charge in [0.1, 0.15) is 0 Å². The third-order valence-electron chi connectivity index (χ3n) is 3.05. The van der Waals surface area contributed by atoms with Gasteiger partial charge in [-0.05, 0) is 49.2 Å². The number of carbonyl (C=O) groups is 2. The van der Waals surface area contributed by atoms with E-state index in [4.69, 9.17) is 34.8 Å². The Balaban J connectivity index is 2.15. The molecule has 0 aliphatic heterocycles. The molecule has 2 aromatic rings. The first kappa shape index (κ1) is 17.6. The predicted molar refractivity (Wildman–Crippen MR) is 94.6 cm³/mol. The van der Waals surface area contributed by atoms with Crippen molar-refractivity contribution >= 4 is 58.0 Å². The number of anilines is 2. The minimum atomic E-state index is -0.870. The average molecular weight is 372 g/mol. The smallest absolute Gasteiger partial charge is 0.314 e. The van der Waals surface area contributed by atoms with Gasteiger partial charge in [-0.25, -0.2) is 0 Å². The highest BCUT2D eigenvalue weighted by atomic mass is 35.5. The van der Waals surface area contributed by atoms with Crippen molar-refractivity contribution < 1.29 is 9.59 Å². The van der Waals surface area contributed by atoms with E-state index in [1.165, 1.54) is 12.1 Å². The molecule has 0 atom stereocenters. The van der Waals surface area contributed by atoms with Crippen molar-refractivity contribution in [3.05, 3.63) is 56.5 Å². The van der Waals surface area contributed by atoms with Crippen LogP contribution in [0.25, 0.3) is 0 Å². The molecule has 0 radical (unpaired) electrons. The van der Waals surface area contributed by atoms with E-state index < -0.39 is 11.8 Å². The zero-order valence-electron chi connectivity index (χ0n) is 12.3. The summed E-state index contributed by atoms with van der Waals surface area (Å²) in [5, 5.41) is 5.95. The summed E-state index contributed by atoms with van der Waals surface area (Å²) < 4.78 is 0. The van der Waals surface area contributed by atoms with Crippen LogP contribution in [-0.2, 0) is 9.59 Å². The lowest BCUT2D eigenvalue weighted by Crippen LogP contribution is -2.29. The second-order valence-corrected chi connectivity index (χ2v) is 6.22. The Bertz CT molecular complexity index is 768. The quantitative estimate of drug-likeness (QED) is 0.742. The molecule has 0 aromatic heterocycles. The molecule has 0 fully saturated rings. The Morgan fingerprint density at radius 3 is 2.17 bits per heavy atom. The van der Waals surface area contributed by atoms with Crippen LogP contribution in [-0.4, -0.2) is 11.8 Å². The summed E-state index contributed by atoms with van der Waals surface area (Å²) in [5.41, 5.74) is 2.37. The molecule has 4 nitrogen and oxygen atoms in total. The van der Waals surface area contributed by atoms with Gasteiger partial charge in [0.15, 0.2) is 0 Å². The number of amides is 2. The highest BCUT2D eigenvalue weighted by molar-refractivity contribution is 6.46. The summed E-state index contributed by atoms with van der Waals surface area (Å²) in [7, 11) is 0. The van der Waals surface area contributed by atoms with Gasteiger partial charge in [-0.15, -0.1) is 0 Å². The molecule has 2 rings (SSSR count). The number of benzene rings is 2. The highest BCUT2D eigenvalue weighted by Crippen LogP contribution is 2.28. The van der Waals surface area contributed by atoms with Gasteiger partial charge in [0, 0.05) is 5.02 Å². The molecular weight excluding hydrogens is 359 g/mol. The van der Waals surface area contributed by atoms with Crippen LogP contribution >= 0.6 is 34.8 Å². The van der Waals surface area contributed by atoms with E-state index in [-0.39, 0.29) is 10.7 Å². The summed E-state index contributed by atoms with van der Waals surface area (Å²) in [6.45, 7) is 3.68. The molecular formula is C16H13Cl3N2O2. The summed E-state index contributed by atoms with van der Waals surface area (Å²) in [4.78, 5) is 24.0. The Morgan fingerprint density at radius 1 is 0.870 bits per heavy atom. The van der Waals surface area contributed by atoms with Gasteiger partial charge in [-0.1, -0.05) is 40.9 Å². The van der Waals surface area contributed by atoms with E-state index in [0.717, 1.165) is 11.1 Å². The summed E-state index contributed by atoms with van der Waals surface area (Å²) in [5.74, 6) is -1.72. The van der Waals surface area contributed by atoms with Crippen LogP contribution in [0.5, 0.6) is 0 Å². The van der Waals surface area contributed by atoms with Crippen LogP contribution < -0.4 is 10.6 Å². The molecule has 2 aromatic carbocycles. The first-order chi connectivity index (χ1) is 10.8. The number of rotatable bonds is 2. The summed E-state index contributed by atoms with van der Waals surface area (Å²) in [6.07, 6.45) is 0. The SMILES string of the molecule is Cc1cc(C)c(NC(=O)C(=O)Nc2cc(Cl)ccc2Cl)c(Cl)c1. The van der Waals surface area contributed by atoms with E-state index in [1.54, 1.807) is 19.1 Å². The molecule has 0 bridgehead atoms. The van der Waals surface area contributed by atoms with Gasteiger partial charge < -0.3 is 10.6 Å². The fraction of sp³-hybridized carbons (Fsp3) is 0.125. The van der Waals surface area contributed by atoms with E-state index in [1.807, 2.05) is 13.0 Å². The minimum Gasteiger partial charge on any atom is -0.316 e. The fourth-order valence-electron chi connectivity index (χ4n) is 2.02. The van der Waals surface area contributed by atoms with E-state index in [9.17, 15) is 9.59 Å². The van der Waals surface area contributed by atoms with Crippen LogP contribution in [0.15, 0.2) is 30.3 Å². The molecule has 0 aliphatic rings. The Morgan fingerprint density at radius 2 is 1.52 bits per heavy atom. The monoisotopic (exact) mass is 370 g/mol. The molecule has 0 heterocycles. The maximum atomic E-state index is 12.0. The van der Waals surface area contributed by atoms with Crippen molar-refractivity contribution in [2.45, 2.75) is 13.8 Å². The molecule has 0 saturated heterocycles. The van der Waals surface area contributed by atoms with E-state index >= 15 is 0 Å². The first-order valence-corrected chi connectivity index (χ1v) is 7.75. The molecule has 0 spiro atoms. The normalized spacial score (nSPS) is 10.3. The second-order valence-electron chi connectivity index (χ2n) is 4.97. The Hall–Kier alpha value is -1.75. The predicted octanol–water partition coefficient (Wildman–Crippen LogP) is 4.84. The number of hydrogen-bond acceptors (Lipinski definition) is 2. The molecule has 0 unspecified atom stereocenters. The topological polar surface area (TPSA) is 58.2 Å². The van der Waals surface area contributed by atoms with Crippen molar-refractivity contribution in [3.8, 4) is 0 Å². The number of carbonyl (C=O) groups excluding carboxylic acids is 2. The van der Waals surface area contributed by atoms with Gasteiger partial charge in [0.2, 0.25) is 0 Å². The Kier molecular flexibility index (Phi) is 5.52. The van der Waals surface area contributed by atoms with Gasteiger partial charge >= 0.3 is 11.8 Å². The molecule has 2 amide bonds. The lowest BCUT2D eigenvalue weighted by molar-refractivity contribution is -0.133. The number of aryl methyl sites for hydroxylation is 2. The van der Waals surface area contributed by atoms with Gasteiger partial charge in [0.25, 0.3) is 0 Å². The van der Waals surface area contributed by atoms with Crippen molar-refractivity contribution in [2.24, 2.45) is 0 Å². The zero-order chi connectivity index (χ0) is 17.1. The lowest BCUT2D eigenvalue weighted by Gasteiger charge is -2.12. The Labute approximate surface area is 148 Å². The van der Waals surface area contributed by atoms with Crippen LogP contribution in [0.4, 0.5) is 11.4 Å². The standard InChI is InChI=1S/C16H13Cl3N2O2/c1-8-5-9(2)14(12(19)6-8)21-16(23)15(22)20-13-7-10(17)3-4-11(13)18/h3-7H,1-2H3,(H,20,22)(H,21,23). The van der Waals surface area contributed by atoms with Crippen molar-refractivity contribution in [2.75, 3.05) is 10.6 Å². The maximum absolute atomic E-state index is 12.0. The van der Waals surface area contributed by atoms with Gasteiger partial charge in [0.05, 0.1) is 21.4 Å².